The molecule has 2 N–H and O–H groups in total. The van der Waals surface area contributed by atoms with E-state index in [9.17, 15) is 9.90 Å². The molecule has 2 aromatic heterocycles. The van der Waals surface area contributed by atoms with E-state index in [-0.39, 0.29) is 11.4 Å². The van der Waals surface area contributed by atoms with Gasteiger partial charge in [-0.25, -0.2) is 9.55 Å². The van der Waals surface area contributed by atoms with Crippen LogP contribution in [0.15, 0.2) is 76.6 Å². The predicted molar refractivity (Wildman–Crippen MR) is 132 cm³/mol. The highest BCUT2D eigenvalue weighted by molar-refractivity contribution is 7.22. The Morgan fingerprint density at radius 3 is 2.56 bits per heavy atom. The van der Waals surface area contributed by atoms with Crippen LogP contribution in [0.25, 0.3) is 26.7 Å². The summed E-state index contributed by atoms with van der Waals surface area (Å²) in [4.78, 5) is 17.8. The summed E-state index contributed by atoms with van der Waals surface area (Å²) in [6.07, 6.45) is 1.53. The Kier molecular flexibility index (Phi) is 4.95. The molecule has 5 rings (SSSR count). The van der Waals surface area contributed by atoms with Gasteiger partial charge in [-0.2, -0.15) is 5.10 Å². The van der Waals surface area contributed by atoms with Crippen molar-refractivity contribution in [1.82, 2.24) is 9.55 Å². The molecule has 0 aliphatic rings. The molecule has 0 aliphatic carbocycles. The molecule has 0 unspecified atom stereocenters. The molecular formula is C25H20N4O2S. The molecule has 0 spiro atoms. The van der Waals surface area contributed by atoms with Gasteiger partial charge in [0, 0.05) is 10.8 Å². The molecule has 0 saturated heterocycles. The molecule has 5 aromatic rings. The molecule has 0 amide bonds. The van der Waals surface area contributed by atoms with E-state index in [4.69, 9.17) is 0 Å². The molecule has 3 aromatic carbocycles. The molecule has 0 bridgehead atoms. The highest BCUT2D eigenvalue weighted by atomic mass is 32.1. The molecule has 2 heterocycles. The first-order valence-corrected chi connectivity index (χ1v) is 10.9. The summed E-state index contributed by atoms with van der Waals surface area (Å²) in [5, 5.41) is 17.3. The van der Waals surface area contributed by atoms with Crippen molar-refractivity contribution in [2.75, 3.05) is 5.43 Å². The molecule has 6 nitrogen and oxygen atoms in total. The molecule has 32 heavy (non-hydrogen) atoms. The summed E-state index contributed by atoms with van der Waals surface area (Å²) in [6.45, 7) is 3.91. The van der Waals surface area contributed by atoms with E-state index in [0.717, 1.165) is 21.3 Å². The highest BCUT2D eigenvalue weighted by Crippen LogP contribution is 2.28. The topological polar surface area (TPSA) is 79.5 Å². The maximum absolute atomic E-state index is 13.3. The Bertz CT molecular complexity index is 1530. The fourth-order valence-electron chi connectivity index (χ4n) is 3.84. The Morgan fingerprint density at radius 1 is 1.03 bits per heavy atom. The van der Waals surface area contributed by atoms with Gasteiger partial charge in [0.1, 0.15) is 0 Å². The van der Waals surface area contributed by atoms with Crippen molar-refractivity contribution in [3.05, 3.63) is 93.8 Å². The highest BCUT2D eigenvalue weighted by Gasteiger charge is 2.17. The van der Waals surface area contributed by atoms with Gasteiger partial charge in [-0.15, -0.1) is 0 Å². The number of thiazole rings is 1. The Labute approximate surface area is 188 Å². The number of pyridine rings is 1. The number of hydrogen-bond donors (Lipinski definition) is 2. The third kappa shape index (κ3) is 3.42. The number of hydrazone groups is 1. The fourth-order valence-corrected chi connectivity index (χ4v) is 4.66. The second-order valence-corrected chi connectivity index (χ2v) is 8.60. The van der Waals surface area contributed by atoms with Crippen LogP contribution in [0.5, 0.6) is 5.88 Å². The minimum atomic E-state index is -0.277. The van der Waals surface area contributed by atoms with Crippen molar-refractivity contribution in [1.29, 1.82) is 0 Å². The average Bonchev–Trinajstić information content (AvgIpc) is 3.20. The van der Waals surface area contributed by atoms with E-state index in [1.807, 2.05) is 74.5 Å². The fraction of sp³-hybridized carbons (Fsp3) is 0.0800. The summed E-state index contributed by atoms with van der Waals surface area (Å²) < 4.78 is 2.40. The van der Waals surface area contributed by atoms with Crippen LogP contribution in [0.3, 0.4) is 0 Å². The van der Waals surface area contributed by atoms with Crippen LogP contribution in [0.4, 0.5) is 5.13 Å². The van der Waals surface area contributed by atoms with Gasteiger partial charge in [-0.05, 0) is 43.7 Å². The average molecular weight is 441 g/mol. The monoisotopic (exact) mass is 440 g/mol. The van der Waals surface area contributed by atoms with Gasteiger partial charge in [0.2, 0.25) is 11.0 Å². The third-order valence-electron chi connectivity index (χ3n) is 5.34. The van der Waals surface area contributed by atoms with Crippen LogP contribution in [-0.4, -0.2) is 20.9 Å². The van der Waals surface area contributed by atoms with Crippen molar-refractivity contribution in [2.24, 2.45) is 5.10 Å². The number of fused-ring (bicyclic) bond motifs is 2. The lowest BCUT2D eigenvalue weighted by molar-refractivity contribution is 0.436. The van der Waals surface area contributed by atoms with Gasteiger partial charge in [0.15, 0.2) is 0 Å². The van der Waals surface area contributed by atoms with Crippen LogP contribution in [-0.2, 0) is 0 Å². The van der Waals surface area contributed by atoms with Crippen molar-refractivity contribution < 1.29 is 5.11 Å². The van der Waals surface area contributed by atoms with E-state index in [2.05, 4.69) is 15.5 Å². The Balaban J connectivity index is 1.63. The zero-order valence-electron chi connectivity index (χ0n) is 17.5. The number of anilines is 1. The van der Waals surface area contributed by atoms with Crippen molar-refractivity contribution in [3.63, 3.8) is 0 Å². The lowest BCUT2D eigenvalue weighted by atomic mass is 10.1. The van der Waals surface area contributed by atoms with E-state index in [1.54, 1.807) is 6.07 Å². The molecule has 0 saturated carbocycles. The molecule has 0 aliphatic heterocycles. The van der Waals surface area contributed by atoms with Gasteiger partial charge in [0.25, 0.3) is 5.56 Å². The lowest BCUT2D eigenvalue weighted by Crippen LogP contribution is -2.21. The van der Waals surface area contributed by atoms with Crippen LogP contribution >= 0.6 is 11.3 Å². The molecule has 0 atom stereocenters. The maximum Gasteiger partial charge on any atom is 0.265 e. The summed E-state index contributed by atoms with van der Waals surface area (Å²) in [5.41, 5.74) is 6.63. The number of hydrogen-bond acceptors (Lipinski definition) is 6. The standard InChI is InChI=1S/C25H20N4O2S/c1-15-11-12-21(16(2)13-15)29-23(30)18-8-4-3-7-17(18)19(24(29)31)14-26-28-25-27-20-9-5-6-10-22(20)32-25/h3-14,31H,1-2H3,(H,27,28). The number of aromatic hydroxyl groups is 1. The van der Waals surface area contributed by atoms with E-state index < -0.39 is 0 Å². The lowest BCUT2D eigenvalue weighted by Gasteiger charge is -2.15. The van der Waals surface area contributed by atoms with E-state index in [1.165, 1.54) is 22.1 Å². The second-order valence-electron chi connectivity index (χ2n) is 7.57. The minimum Gasteiger partial charge on any atom is -0.494 e. The molecule has 158 valence electrons. The Morgan fingerprint density at radius 2 is 1.78 bits per heavy atom. The van der Waals surface area contributed by atoms with Gasteiger partial charge in [-0.3, -0.25) is 10.2 Å². The van der Waals surface area contributed by atoms with Crippen LogP contribution < -0.4 is 11.0 Å². The molecule has 0 radical (unpaired) electrons. The number of para-hydroxylation sites is 1. The number of rotatable bonds is 4. The van der Waals surface area contributed by atoms with Gasteiger partial charge in [-0.1, -0.05) is 59.4 Å². The van der Waals surface area contributed by atoms with Crippen molar-refractivity contribution >= 4 is 43.7 Å². The summed E-state index contributed by atoms with van der Waals surface area (Å²) >= 11 is 1.49. The number of aryl methyl sites for hydroxylation is 2. The molecule has 0 fully saturated rings. The largest absolute Gasteiger partial charge is 0.494 e. The van der Waals surface area contributed by atoms with E-state index >= 15 is 0 Å². The summed E-state index contributed by atoms with van der Waals surface area (Å²) in [5.74, 6) is -0.157. The van der Waals surface area contributed by atoms with Gasteiger partial charge in [0.05, 0.1) is 27.7 Å². The number of nitrogens with zero attached hydrogens (tertiary/aromatic N) is 3. The second kappa shape index (κ2) is 7.94. The van der Waals surface area contributed by atoms with Gasteiger partial charge >= 0.3 is 0 Å². The van der Waals surface area contributed by atoms with Crippen LogP contribution in [0, 0.1) is 13.8 Å². The van der Waals surface area contributed by atoms with Crippen LogP contribution in [0.2, 0.25) is 0 Å². The first-order valence-electron chi connectivity index (χ1n) is 10.1. The summed E-state index contributed by atoms with van der Waals surface area (Å²) in [7, 11) is 0. The van der Waals surface area contributed by atoms with Crippen LogP contribution in [0.1, 0.15) is 16.7 Å². The molecule has 7 heteroatoms. The van der Waals surface area contributed by atoms with E-state index in [0.29, 0.717) is 27.2 Å². The Hall–Kier alpha value is -3.97. The smallest absolute Gasteiger partial charge is 0.265 e. The zero-order valence-corrected chi connectivity index (χ0v) is 18.4. The van der Waals surface area contributed by atoms with Crippen molar-refractivity contribution in [2.45, 2.75) is 13.8 Å². The number of aromatic nitrogens is 2. The first kappa shape index (κ1) is 20.0. The normalized spacial score (nSPS) is 11.6. The minimum absolute atomic E-state index is 0.157. The quantitative estimate of drug-likeness (QED) is 0.291. The predicted octanol–water partition coefficient (Wildman–Crippen LogP) is 5.37. The maximum atomic E-state index is 13.3. The number of nitrogens with one attached hydrogen (secondary N) is 1. The number of benzene rings is 3. The zero-order chi connectivity index (χ0) is 22.2. The SMILES string of the molecule is Cc1ccc(-n2c(O)c(C=NNc3nc4ccccc4s3)c3ccccc3c2=O)c(C)c1. The first-order chi connectivity index (χ1) is 15.5. The van der Waals surface area contributed by atoms with Gasteiger partial charge < -0.3 is 5.11 Å². The van der Waals surface area contributed by atoms with Crippen molar-refractivity contribution in [3.8, 4) is 11.6 Å². The summed E-state index contributed by atoms with van der Waals surface area (Å²) in [6, 6.07) is 20.8. The third-order valence-corrected chi connectivity index (χ3v) is 6.29. The molecular weight excluding hydrogens is 420 g/mol.